The van der Waals surface area contributed by atoms with Gasteiger partial charge in [-0.05, 0) is 45.1 Å². The molecule has 0 spiro atoms. The van der Waals surface area contributed by atoms with E-state index < -0.39 is 0 Å². The summed E-state index contributed by atoms with van der Waals surface area (Å²) in [5, 5.41) is 0. The lowest BCUT2D eigenvalue weighted by atomic mass is 9.69. The van der Waals surface area contributed by atoms with Crippen LogP contribution in [-0.4, -0.2) is 24.5 Å². The Labute approximate surface area is 109 Å². The van der Waals surface area contributed by atoms with Crippen molar-refractivity contribution in [3.8, 4) is 0 Å². The quantitative estimate of drug-likeness (QED) is 0.686. The van der Waals surface area contributed by atoms with Crippen LogP contribution in [0.4, 0.5) is 0 Å². The minimum Gasteiger partial charge on any atom is -0.304 e. The van der Waals surface area contributed by atoms with Crippen LogP contribution in [0.2, 0.25) is 0 Å². The van der Waals surface area contributed by atoms with Crippen molar-refractivity contribution in [3.63, 3.8) is 0 Å². The van der Waals surface area contributed by atoms with Gasteiger partial charge >= 0.3 is 0 Å². The second-order valence-electron chi connectivity index (χ2n) is 6.86. The Hall–Kier alpha value is -0.0400. The fraction of sp³-hybridized carbons (Fsp3) is 1.00. The highest BCUT2D eigenvalue weighted by Crippen LogP contribution is 2.40. The van der Waals surface area contributed by atoms with E-state index >= 15 is 0 Å². The average Bonchev–Trinajstić information content (AvgIpc) is 2.23. The summed E-state index contributed by atoms with van der Waals surface area (Å²) in [6, 6.07) is 0.676. The summed E-state index contributed by atoms with van der Waals surface area (Å²) < 4.78 is 0. The highest BCUT2D eigenvalue weighted by Gasteiger charge is 2.31. The molecule has 0 N–H and O–H groups in total. The van der Waals surface area contributed by atoms with Gasteiger partial charge in [0.2, 0.25) is 0 Å². The van der Waals surface area contributed by atoms with Gasteiger partial charge in [-0.15, -0.1) is 0 Å². The van der Waals surface area contributed by atoms with Crippen LogP contribution < -0.4 is 0 Å². The number of nitrogens with zero attached hydrogens (tertiary/aromatic N) is 1. The molecular formula is C16H33N. The predicted molar refractivity (Wildman–Crippen MR) is 77.4 cm³/mol. The van der Waals surface area contributed by atoms with E-state index in [2.05, 4.69) is 39.6 Å². The molecular weight excluding hydrogens is 206 g/mol. The molecule has 1 rings (SSSR count). The van der Waals surface area contributed by atoms with Gasteiger partial charge in [0.05, 0.1) is 0 Å². The van der Waals surface area contributed by atoms with Gasteiger partial charge in [0.15, 0.2) is 0 Å². The molecule has 0 heterocycles. The van der Waals surface area contributed by atoms with Gasteiger partial charge in [-0.25, -0.2) is 0 Å². The molecule has 0 aliphatic heterocycles. The molecule has 0 aromatic carbocycles. The topological polar surface area (TPSA) is 3.24 Å². The van der Waals surface area contributed by atoms with Crippen molar-refractivity contribution >= 4 is 0 Å². The predicted octanol–water partition coefficient (Wildman–Crippen LogP) is 4.71. The lowest BCUT2D eigenvalue weighted by Gasteiger charge is -2.40. The first-order valence-electron chi connectivity index (χ1n) is 7.66. The van der Waals surface area contributed by atoms with Crippen molar-refractivity contribution in [2.75, 3.05) is 13.6 Å². The molecule has 1 nitrogen and oxygen atoms in total. The summed E-state index contributed by atoms with van der Waals surface area (Å²) in [7, 11) is 2.27. The van der Waals surface area contributed by atoms with Gasteiger partial charge in [0, 0.05) is 12.6 Å². The zero-order chi connectivity index (χ0) is 12.9. The van der Waals surface area contributed by atoms with Crippen molar-refractivity contribution in [1.82, 2.24) is 4.90 Å². The third-order valence-electron chi connectivity index (χ3n) is 5.13. The first kappa shape index (κ1) is 15.0. The van der Waals surface area contributed by atoms with Crippen molar-refractivity contribution < 1.29 is 0 Å². The zero-order valence-electron chi connectivity index (χ0n) is 12.8. The third-order valence-corrected chi connectivity index (χ3v) is 5.13. The number of rotatable bonds is 4. The molecule has 17 heavy (non-hydrogen) atoms. The molecule has 0 aromatic heterocycles. The van der Waals surface area contributed by atoms with Crippen LogP contribution >= 0.6 is 0 Å². The summed E-state index contributed by atoms with van der Waals surface area (Å²) in [6.07, 6.45) is 10.2. The number of hydrogen-bond acceptors (Lipinski definition) is 1. The minimum absolute atomic E-state index is 0.587. The van der Waals surface area contributed by atoms with Crippen LogP contribution in [-0.2, 0) is 0 Å². The Kier molecular flexibility index (Phi) is 5.99. The maximum atomic E-state index is 2.54. The average molecular weight is 239 g/mol. The molecule has 0 radical (unpaired) electrons. The third kappa shape index (κ3) is 4.62. The van der Waals surface area contributed by atoms with E-state index in [4.69, 9.17) is 0 Å². The Balaban J connectivity index is 2.53. The van der Waals surface area contributed by atoms with Crippen molar-refractivity contribution in [3.05, 3.63) is 0 Å². The summed E-state index contributed by atoms with van der Waals surface area (Å²) in [6.45, 7) is 10.9. The van der Waals surface area contributed by atoms with Gasteiger partial charge in [-0.1, -0.05) is 46.0 Å². The second kappa shape index (κ2) is 6.78. The van der Waals surface area contributed by atoms with Gasteiger partial charge in [0.1, 0.15) is 0 Å². The monoisotopic (exact) mass is 239 g/mol. The van der Waals surface area contributed by atoms with Crippen molar-refractivity contribution in [2.45, 2.75) is 78.7 Å². The molecule has 1 aliphatic carbocycles. The first-order valence-corrected chi connectivity index (χ1v) is 7.66. The Bertz CT molecular complexity index is 202. The molecule has 1 saturated carbocycles. The van der Waals surface area contributed by atoms with E-state index in [0.29, 0.717) is 11.5 Å². The maximum absolute atomic E-state index is 2.54. The van der Waals surface area contributed by atoms with Crippen LogP contribution in [0.15, 0.2) is 0 Å². The molecule has 1 aliphatic rings. The summed E-state index contributed by atoms with van der Waals surface area (Å²) in [4.78, 5) is 2.51. The Morgan fingerprint density at radius 2 is 1.41 bits per heavy atom. The zero-order valence-corrected chi connectivity index (χ0v) is 12.8. The summed E-state index contributed by atoms with van der Waals surface area (Å²) in [5.41, 5.74) is 0.587. The highest BCUT2D eigenvalue weighted by molar-refractivity contribution is 4.83. The second-order valence-corrected chi connectivity index (χ2v) is 6.86. The van der Waals surface area contributed by atoms with Gasteiger partial charge in [-0.3, -0.25) is 0 Å². The summed E-state index contributed by atoms with van der Waals surface area (Å²) in [5.74, 6) is 0.827. The van der Waals surface area contributed by atoms with Crippen LogP contribution in [0.25, 0.3) is 0 Å². The van der Waals surface area contributed by atoms with Gasteiger partial charge < -0.3 is 4.90 Å². The molecule has 102 valence electrons. The number of hydrogen-bond donors (Lipinski definition) is 0. The molecule has 1 heteroatoms. The van der Waals surface area contributed by atoms with Crippen LogP contribution in [0.5, 0.6) is 0 Å². The van der Waals surface area contributed by atoms with E-state index in [9.17, 15) is 0 Å². The molecule has 1 unspecified atom stereocenters. The largest absolute Gasteiger partial charge is 0.304 e. The van der Waals surface area contributed by atoms with E-state index in [0.717, 1.165) is 5.92 Å². The van der Waals surface area contributed by atoms with Gasteiger partial charge in [-0.2, -0.15) is 0 Å². The van der Waals surface area contributed by atoms with E-state index in [1.54, 1.807) is 0 Å². The highest BCUT2D eigenvalue weighted by atomic mass is 15.1. The molecule has 0 amide bonds. The standard InChI is InChI=1S/C16H33N/c1-14(2)17(5)13-15(3)16(4)11-9-7-6-8-10-12-16/h14-15H,6-13H2,1-5H3. The summed E-state index contributed by atoms with van der Waals surface area (Å²) >= 11 is 0. The Morgan fingerprint density at radius 1 is 0.941 bits per heavy atom. The lowest BCUT2D eigenvalue weighted by Crippen LogP contribution is -2.38. The Morgan fingerprint density at radius 3 is 1.88 bits per heavy atom. The fourth-order valence-electron chi connectivity index (χ4n) is 3.07. The van der Waals surface area contributed by atoms with Crippen LogP contribution in [0, 0.1) is 11.3 Å². The minimum atomic E-state index is 0.587. The molecule has 0 saturated heterocycles. The van der Waals surface area contributed by atoms with Crippen molar-refractivity contribution in [1.29, 1.82) is 0 Å². The molecule has 0 bridgehead atoms. The van der Waals surface area contributed by atoms with Crippen molar-refractivity contribution in [2.24, 2.45) is 11.3 Å². The SMILES string of the molecule is CC(C)N(C)CC(C)C1(C)CCCCCCC1. The normalized spacial score (nSPS) is 23.5. The first-order chi connectivity index (χ1) is 7.96. The maximum Gasteiger partial charge on any atom is 0.00356 e. The molecule has 0 aromatic rings. The van der Waals surface area contributed by atoms with Gasteiger partial charge in [0.25, 0.3) is 0 Å². The van der Waals surface area contributed by atoms with Crippen LogP contribution in [0.1, 0.15) is 72.6 Å². The molecule has 1 fully saturated rings. The lowest BCUT2D eigenvalue weighted by molar-refractivity contribution is 0.102. The van der Waals surface area contributed by atoms with E-state index in [1.165, 1.54) is 51.5 Å². The van der Waals surface area contributed by atoms with E-state index in [-0.39, 0.29) is 0 Å². The smallest absolute Gasteiger partial charge is 0.00356 e. The van der Waals surface area contributed by atoms with Crippen LogP contribution in [0.3, 0.4) is 0 Å². The molecule has 1 atom stereocenters. The fourth-order valence-corrected chi connectivity index (χ4v) is 3.07. The van der Waals surface area contributed by atoms with E-state index in [1.807, 2.05) is 0 Å².